The van der Waals surface area contributed by atoms with Gasteiger partial charge in [-0.2, -0.15) is 0 Å². The minimum atomic E-state index is -0.153. The van der Waals surface area contributed by atoms with Crippen molar-refractivity contribution >= 4 is 12.4 Å². The van der Waals surface area contributed by atoms with Crippen LogP contribution in [0.1, 0.15) is 26.2 Å². The fourth-order valence-corrected chi connectivity index (χ4v) is 1.25. The van der Waals surface area contributed by atoms with Crippen LogP contribution in [0.15, 0.2) is 9.98 Å². The van der Waals surface area contributed by atoms with E-state index < -0.39 is 0 Å². The summed E-state index contributed by atoms with van der Waals surface area (Å²) in [5, 5.41) is 0. The van der Waals surface area contributed by atoms with Crippen LogP contribution < -0.4 is 5.73 Å². The van der Waals surface area contributed by atoms with Crippen LogP contribution in [0, 0.1) is 0 Å². The number of nitrogens with zero attached hydrogens (tertiary/aromatic N) is 2. The van der Waals surface area contributed by atoms with E-state index >= 15 is 0 Å². The molecule has 0 radical (unpaired) electrons. The van der Waals surface area contributed by atoms with Gasteiger partial charge in [0.2, 0.25) is 0 Å². The van der Waals surface area contributed by atoms with Crippen LogP contribution in [-0.4, -0.2) is 24.6 Å². The molecule has 3 nitrogen and oxygen atoms in total. The molecule has 0 bridgehead atoms. The van der Waals surface area contributed by atoms with Gasteiger partial charge in [0.05, 0.1) is 0 Å². The van der Waals surface area contributed by atoms with Crippen molar-refractivity contribution in [2.24, 2.45) is 15.7 Å². The summed E-state index contributed by atoms with van der Waals surface area (Å²) in [6, 6.07) is 0. The molecule has 11 heavy (non-hydrogen) atoms. The Morgan fingerprint density at radius 3 is 2.45 bits per heavy atom. The lowest BCUT2D eigenvalue weighted by molar-refractivity contribution is 0.401. The van der Waals surface area contributed by atoms with Gasteiger partial charge in [-0.05, 0) is 25.8 Å². The number of hydrogen-bond donors (Lipinski definition) is 1. The van der Waals surface area contributed by atoms with Gasteiger partial charge in [-0.3, -0.25) is 9.98 Å². The van der Waals surface area contributed by atoms with E-state index in [9.17, 15) is 0 Å². The molecule has 0 spiro atoms. The SMILES string of the molecule is CCC1(CCCN)N=CC=N1. The van der Waals surface area contributed by atoms with Crippen LogP contribution in [0.5, 0.6) is 0 Å². The maximum Gasteiger partial charge on any atom is 0.149 e. The molecule has 0 aliphatic carbocycles. The lowest BCUT2D eigenvalue weighted by Crippen LogP contribution is -2.21. The second kappa shape index (κ2) is 3.62. The van der Waals surface area contributed by atoms with Crippen LogP contribution in [0.3, 0.4) is 0 Å². The molecular weight excluding hydrogens is 138 g/mol. The third-order valence-corrected chi connectivity index (χ3v) is 2.04. The summed E-state index contributed by atoms with van der Waals surface area (Å²) in [6.45, 7) is 2.84. The molecule has 0 saturated carbocycles. The first-order valence-corrected chi connectivity index (χ1v) is 4.12. The summed E-state index contributed by atoms with van der Waals surface area (Å²) >= 11 is 0. The second-order valence-electron chi connectivity index (χ2n) is 2.78. The first-order chi connectivity index (χ1) is 5.33. The van der Waals surface area contributed by atoms with Gasteiger partial charge in [-0.1, -0.05) is 6.92 Å². The Hall–Kier alpha value is -0.700. The van der Waals surface area contributed by atoms with Crippen LogP contribution in [0.4, 0.5) is 0 Å². The zero-order valence-corrected chi connectivity index (χ0v) is 6.95. The third-order valence-electron chi connectivity index (χ3n) is 2.04. The standard InChI is InChI=1S/C8H15N3/c1-2-8(4-3-5-9)10-6-7-11-8/h6-7H,2-5,9H2,1H3. The number of rotatable bonds is 4. The Labute approximate surface area is 67.4 Å². The monoisotopic (exact) mass is 153 g/mol. The average molecular weight is 153 g/mol. The Morgan fingerprint density at radius 2 is 2.00 bits per heavy atom. The summed E-state index contributed by atoms with van der Waals surface area (Å²) in [6.07, 6.45) is 6.51. The maximum absolute atomic E-state index is 5.42. The molecule has 0 fully saturated rings. The van der Waals surface area contributed by atoms with Gasteiger partial charge in [0.25, 0.3) is 0 Å². The maximum atomic E-state index is 5.42. The molecule has 1 rings (SSSR count). The lowest BCUT2D eigenvalue weighted by atomic mass is 10.0. The summed E-state index contributed by atoms with van der Waals surface area (Å²) in [5.41, 5.74) is 5.26. The zero-order valence-electron chi connectivity index (χ0n) is 6.95. The lowest BCUT2D eigenvalue weighted by Gasteiger charge is -2.20. The topological polar surface area (TPSA) is 50.7 Å². The Kier molecular flexibility index (Phi) is 2.76. The van der Waals surface area contributed by atoms with Crippen molar-refractivity contribution in [2.75, 3.05) is 6.54 Å². The van der Waals surface area contributed by atoms with Crippen LogP contribution in [0.2, 0.25) is 0 Å². The first-order valence-electron chi connectivity index (χ1n) is 4.12. The molecular formula is C8H15N3. The Balaban J connectivity index is 2.47. The van der Waals surface area contributed by atoms with Gasteiger partial charge >= 0.3 is 0 Å². The highest BCUT2D eigenvalue weighted by Crippen LogP contribution is 2.25. The summed E-state index contributed by atoms with van der Waals surface area (Å²) < 4.78 is 0. The van der Waals surface area contributed by atoms with E-state index in [1.165, 1.54) is 0 Å². The molecule has 0 amide bonds. The van der Waals surface area contributed by atoms with E-state index in [1.54, 1.807) is 12.4 Å². The molecule has 0 aromatic heterocycles. The normalized spacial score (nSPS) is 19.5. The number of hydrogen-bond acceptors (Lipinski definition) is 3. The average Bonchev–Trinajstić information content (AvgIpc) is 2.50. The fraction of sp³-hybridized carbons (Fsp3) is 0.750. The van der Waals surface area contributed by atoms with E-state index in [2.05, 4.69) is 16.9 Å². The van der Waals surface area contributed by atoms with Crippen molar-refractivity contribution in [1.29, 1.82) is 0 Å². The number of aliphatic imine (C=N–C) groups is 2. The van der Waals surface area contributed by atoms with Gasteiger partial charge in [-0.15, -0.1) is 0 Å². The van der Waals surface area contributed by atoms with Crippen LogP contribution in [0.25, 0.3) is 0 Å². The molecule has 1 aliphatic heterocycles. The Morgan fingerprint density at radius 1 is 1.36 bits per heavy atom. The minimum absolute atomic E-state index is 0.153. The van der Waals surface area contributed by atoms with E-state index in [-0.39, 0.29) is 5.66 Å². The highest BCUT2D eigenvalue weighted by molar-refractivity contribution is 6.17. The van der Waals surface area contributed by atoms with Gasteiger partial charge in [0, 0.05) is 12.4 Å². The van der Waals surface area contributed by atoms with Crippen molar-refractivity contribution in [2.45, 2.75) is 31.8 Å². The zero-order chi connectivity index (χ0) is 8.16. The third kappa shape index (κ3) is 1.87. The molecule has 62 valence electrons. The van der Waals surface area contributed by atoms with Crippen LogP contribution >= 0.6 is 0 Å². The van der Waals surface area contributed by atoms with Gasteiger partial charge in [0.1, 0.15) is 5.66 Å². The summed E-state index contributed by atoms with van der Waals surface area (Å²) in [5.74, 6) is 0. The van der Waals surface area contributed by atoms with E-state index in [0.29, 0.717) is 0 Å². The predicted octanol–water partition coefficient (Wildman–Crippen LogP) is 0.987. The minimum Gasteiger partial charge on any atom is -0.330 e. The van der Waals surface area contributed by atoms with Gasteiger partial charge in [-0.25, -0.2) is 0 Å². The number of nitrogens with two attached hydrogens (primary N) is 1. The molecule has 1 heterocycles. The highest BCUT2D eigenvalue weighted by Gasteiger charge is 2.25. The van der Waals surface area contributed by atoms with E-state index in [4.69, 9.17) is 5.73 Å². The molecule has 0 unspecified atom stereocenters. The van der Waals surface area contributed by atoms with Gasteiger partial charge < -0.3 is 5.73 Å². The fourth-order valence-electron chi connectivity index (χ4n) is 1.25. The highest BCUT2D eigenvalue weighted by atomic mass is 15.1. The summed E-state index contributed by atoms with van der Waals surface area (Å²) in [7, 11) is 0. The Bertz CT molecular complexity index is 160. The molecule has 0 atom stereocenters. The van der Waals surface area contributed by atoms with Crippen molar-refractivity contribution < 1.29 is 0 Å². The second-order valence-corrected chi connectivity index (χ2v) is 2.78. The van der Waals surface area contributed by atoms with Crippen molar-refractivity contribution in [3.05, 3.63) is 0 Å². The quantitative estimate of drug-likeness (QED) is 0.643. The molecule has 0 aromatic rings. The van der Waals surface area contributed by atoms with Crippen molar-refractivity contribution in [1.82, 2.24) is 0 Å². The molecule has 0 saturated heterocycles. The van der Waals surface area contributed by atoms with E-state index in [1.807, 2.05) is 0 Å². The molecule has 1 aliphatic rings. The molecule has 3 heteroatoms. The van der Waals surface area contributed by atoms with Crippen molar-refractivity contribution in [3.8, 4) is 0 Å². The largest absolute Gasteiger partial charge is 0.330 e. The van der Waals surface area contributed by atoms with E-state index in [0.717, 1.165) is 25.8 Å². The molecule has 2 N–H and O–H groups in total. The first kappa shape index (κ1) is 8.40. The summed E-state index contributed by atoms with van der Waals surface area (Å²) in [4.78, 5) is 8.64. The van der Waals surface area contributed by atoms with Gasteiger partial charge in [0.15, 0.2) is 0 Å². The van der Waals surface area contributed by atoms with Crippen LogP contribution in [-0.2, 0) is 0 Å². The molecule has 0 aromatic carbocycles. The smallest absolute Gasteiger partial charge is 0.149 e. The van der Waals surface area contributed by atoms with Crippen molar-refractivity contribution in [3.63, 3.8) is 0 Å². The predicted molar refractivity (Wildman–Crippen MR) is 48.3 cm³/mol.